The molecule has 20 heavy (non-hydrogen) atoms. The van der Waals surface area contributed by atoms with Crippen molar-refractivity contribution in [2.45, 2.75) is 46.5 Å². The molecule has 0 spiro atoms. The zero-order valence-corrected chi connectivity index (χ0v) is 12.7. The van der Waals surface area contributed by atoms with Gasteiger partial charge in [0.15, 0.2) is 5.78 Å². The first-order chi connectivity index (χ1) is 9.38. The molecule has 0 bridgehead atoms. The molecule has 1 saturated carbocycles. The average molecular weight is 272 g/mol. The molecule has 108 valence electrons. The first kappa shape index (κ1) is 15.0. The molecule has 2 nitrogen and oxygen atoms in total. The quantitative estimate of drug-likeness (QED) is 0.769. The Morgan fingerprint density at radius 1 is 1.20 bits per heavy atom. The molecule has 0 aromatic heterocycles. The van der Waals surface area contributed by atoms with Crippen LogP contribution < -0.4 is 0 Å². The van der Waals surface area contributed by atoms with Gasteiger partial charge in [0, 0.05) is 24.3 Å². The van der Waals surface area contributed by atoms with E-state index in [2.05, 4.69) is 20.8 Å². The minimum absolute atomic E-state index is 0.0827. The lowest BCUT2D eigenvalue weighted by Crippen LogP contribution is -2.33. The maximum absolute atomic E-state index is 12.3. The van der Waals surface area contributed by atoms with Gasteiger partial charge in [-0.1, -0.05) is 51.1 Å². The van der Waals surface area contributed by atoms with Gasteiger partial charge in [0.25, 0.3) is 0 Å². The number of carbonyl (C=O) groups excluding carboxylic acids is 2. The Morgan fingerprint density at radius 3 is 2.45 bits per heavy atom. The Bertz CT molecular complexity index is 482. The van der Waals surface area contributed by atoms with E-state index in [1.165, 1.54) is 0 Å². The SMILES string of the molecule is CC(C)(C)[C@@H]1CCC(=O)[C@@H](CC(=O)c2ccccc2)C1. The summed E-state index contributed by atoms with van der Waals surface area (Å²) >= 11 is 0. The Kier molecular flexibility index (Phi) is 4.42. The number of Topliss-reactive ketones (excluding diaryl/α,β-unsaturated/α-hetero) is 2. The first-order valence-corrected chi connectivity index (χ1v) is 7.49. The van der Waals surface area contributed by atoms with Crippen molar-refractivity contribution in [3.05, 3.63) is 35.9 Å². The van der Waals surface area contributed by atoms with Crippen molar-refractivity contribution in [3.63, 3.8) is 0 Å². The molecule has 0 amide bonds. The smallest absolute Gasteiger partial charge is 0.163 e. The van der Waals surface area contributed by atoms with E-state index in [-0.39, 0.29) is 22.9 Å². The number of hydrogen-bond donors (Lipinski definition) is 0. The van der Waals surface area contributed by atoms with Gasteiger partial charge >= 0.3 is 0 Å². The van der Waals surface area contributed by atoms with E-state index in [9.17, 15) is 9.59 Å². The van der Waals surface area contributed by atoms with Crippen LogP contribution in [0.25, 0.3) is 0 Å². The van der Waals surface area contributed by atoms with Crippen molar-refractivity contribution in [1.82, 2.24) is 0 Å². The second-order valence-corrected chi connectivity index (χ2v) is 6.99. The normalized spacial score (nSPS) is 23.6. The van der Waals surface area contributed by atoms with Crippen LogP contribution in [-0.4, -0.2) is 11.6 Å². The highest BCUT2D eigenvalue weighted by Crippen LogP contribution is 2.40. The van der Waals surface area contributed by atoms with Gasteiger partial charge in [0.05, 0.1) is 0 Å². The summed E-state index contributed by atoms with van der Waals surface area (Å²) in [6, 6.07) is 9.30. The van der Waals surface area contributed by atoms with E-state index in [0.717, 1.165) is 18.4 Å². The van der Waals surface area contributed by atoms with Gasteiger partial charge in [-0.05, 0) is 24.2 Å². The maximum Gasteiger partial charge on any atom is 0.163 e. The molecular formula is C18H24O2. The highest BCUT2D eigenvalue weighted by atomic mass is 16.1. The van der Waals surface area contributed by atoms with Crippen molar-refractivity contribution in [2.24, 2.45) is 17.3 Å². The van der Waals surface area contributed by atoms with Gasteiger partial charge in [-0.2, -0.15) is 0 Å². The monoisotopic (exact) mass is 272 g/mol. The molecular weight excluding hydrogens is 248 g/mol. The van der Waals surface area contributed by atoms with Crippen molar-refractivity contribution < 1.29 is 9.59 Å². The molecule has 0 aliphatic heterocycles. The largest absolute Gasteiger partial charge is 0.299 e. The van der Waals surface area contributed by atoms with Crippen LogP contribution in [0, 0.1) is 17.3 Å². The van der Waals surface area contributed by atoms with E-state index in [0.29, 0.717) is 18.8 Å². The third kappa shape index (κ3) is 3.56. The predicted octanol–water partition coefficient (Wildman–Crippen LogP) is 4.29. The van der Waals surface area contributed by atoms with Gasteiger partial charge in [0.1, 0.15) is 5.78 Å². The average Bonchev–Trinajstić information content (AvgIpc) is 2.41. The molecule has 1 aliphatic carbocycles. The third-order valence-electron chi connectivity index (χ3n) is 4.52. The van der Waals surface area contributed by atoms with Gasteiger partial charge in [-0.15, -0.1) is 0 Å². The minimum Gasteiger partial charge on any atom is -0.299 e. The molecule has 1 fully saturated rings. The van der Waals surface area contributed by atoms with Crippen LogP contribution in [0.3, 0.4) is 0 Å². The molecule has 2 heteroatoms. The molecule has 0 unspecified atom stereocenters. The van der Waals surface area contributed by atoms with Gasteiger partial charge < -0.3 is 0 Å². The number of rotatable bonds is 3. The van der Waals surface area contributed by atoms with Crippen LogP contribution >= 0.6 is 0 Å². The molecule has 0 heterocycles. The Morgan fingerprint density at radius 2 is 1.85 bits per heavy atom. The minimum atomic E-state index is -0.0827. The first-order valence-electron chi connectivity index (χ1n) is 7.49. The van der Waals surface area contributed by atoms with Crippen LogP contribution in [0.4, 0.5) is 0 Å². The molecule has 0 N–H and O–H groups in total. The Hall–Kier alpha value is -1.44. The summed E-state index contributed by atoms with van der Waals surface area (Å²) in [7, 11) is 0. The highest BCUT2D eigenvalue weighted by molar-refractivity contribution is 5.99. The van der Waals surface area contributed by atoms with Crippen molar-refractivity contribution in [2.75, 3.05) is 0 Å². The van der Waals surface area contributed by atoms with E-state index in [1.807, 2.05) is 30.3 Å². The number of hydrogen-bond acceptors (Lipinski definition) is 2. The van der Waals surface area contributed by atoms with Crippen LogP contribution in [-0.2, 0) is 4.79 Å². The second kappa shape index (κ2) is 5.90. The number of ketones is 2. The molecule has 1 aromatic carbocycles. The van der Waals surface area contributed by atoms with E-state index in [4.69, 9.17) is 0 Å². The van der Waals surface area contributed by atoms with Crippen LogP contribution in [0.2, 0.25) is 0 Å². The standard InChI is InChI=1S/C18H24O2/c1-18(2,3)15-9-10-16(19)14(11-15)12-17(20)13-7-5-4-6-8-13/h4-8,14-15H,9-12H2,1-3H3/t14-,15-/m1/s1. The van der Waals surface area contributed by atoms with E-state index < -0.39 is 0 Å². The zero-order valence-electron chi connectivity index (χ0n) is 12.7. The van der Waals surface area contributed by atoms with E-state index in [1.54, 1.807) is 0 Å². The summed E-state index contributed by atoms with van der Waals surface area (Å²) in [5.41, 5.74) is 0.938. The summed E-state index contributed by atoms with van der Waals surface area (Å²) in [5.74, 6) is 0.822. The molecule has 0 radical (unpaired) electrons. The van der Waals surface area contributed by atoms with Crippen molar-refractivity contribution in [3.8, 4) is 0 Å². The molecule has 1 aliphatic rings. The van der Waals surface area contributed by atoms with Crippen LogP contribution in [0.1, 0.15) is 56.8 Å². The third-order valence-corrected chi connectivity index (χ3v) is 4.52. The molecule has 0 saturated heterocycles. The van der Waals surface area contributed by atoms with Crippen molar-refractivity contribution >= 4 is 11.6 Å². The fourth-order valence-corrected chi connectivity index (χ4v) is 3.06. The summed E-state index contributed by atoms with van der Waals surface area (Å²) in [6.45, 7) is 6.68. The number of benzene rings is 1. The lowest BCUT2D eigenvalue weighted by atomic mass is 9.67. The topological polar surface area (TPSA) is 34.1 Å². The predicted molar refractivity (Wildman–Crippen MR) is 80.7 cm³/mol. The summed E-state index contributed by atoms with van der Waals surface area (Å²) in [6.07, 6.45) is 2.84. The maximum atomic E-state index is 12.3. The van der Waals surface area contributed by atoms with Gasteiger partial charge in [0.2, 0.25) is 0 Å². The van der Waals surface area contributed by atoms with Crippen LogP contribution in [0.5, 0.6) is 0 Å². The van der Waals surface area contributed by atoms with E-state index >= 15 is 0 Å². The Labute approximate surface area is 121 Å². The van der Waals surface area contributed by atoms with Crippen LogP contribution in [0.15, 0.2) is 30.3 Å². The highest BCUT2D eigenvalue weighted by Gasteiger charge is 2.35. The lowest BCUT2D eigenvalue weighted by Gasteiger charge is -2.36. The fourth-order valence-electron chi connectivity index (χ4n) is 3.06. The summed E-state index contributed by atoms with van der Waals surface area (Å²) in [4.78, 5) is 24.3. The summed E-state index contributed by atoms with van der Waals surface area (Å²) in [5, 5.41) is 0. The zero-order chi connectivity index (χ0) is 14.8. The summed E-state index contributed by atoms with van der Waals surface area (Å²) < 4.78 is 0. The number of carbonyl (C=O) groups is 2. The van der Waals surface area contributed by atoms with Gasteiger partial charge in [-0.25, -0.2) is 0 Å². The molecule has 2 atom stereocenters. The molecule has 2 rings (SSSR count). The fraction of sp³-hybridized carbons (Fsp3) is 0.556. The lowest BCUT2D eigenvalue weighted by molar-refractivity contribution is -0.126. The van der Waals surface area contributed by atoms with Crippen molar-refractivity contribution in [1.29, 1.82) is 0 Å². The van der Waals surface area contributed by atoms with Gasteiger partial charge in [-0.3, -0.25) is 9.59 Å². The Balaban J connectivity index is 2.04. The molecule has 1 aromatic rings. The second-order valence-electron chi connectivity index (χ2n) is 6.99.